The molecule has 2 rings (SSSR count). The van der Waals surface area contributed by atoms with E-state index in [1.54, 1.807) is 42.5 Å². The van der Waals surface area contributed by atoms with Crippen molar-refractivity contribution < 1.29 is 13.9 Å². The van der Waals surface area contributed by atoms with Gasteiger partial charge in [0.05, 0.1) is 18.9 Å². The molecule has 2 aromatic rings. The molecule has 0 amide bonds. The Morgan fingerprint density at radius 2 is 1.85 bits per heavy atom. The molecule has 0 unspecified atom stereocenters. The summed E-state index contributed by atoms with van der Waals surface area (Å²) in [7, 11) is 0. The maximum atomic E-state index is 13.4. The molecule has 0 saturated carbocycles. The van der Waals surface area contributed by atoms with Crippen LogP contribution in [0, 0.1) is 17.1 Å². The van der Waals surface area contributed by atoms with E-state index >= 15 is 0 Å². The second kappa shape index (κ2) is 6.48. The van der Waals surface area contributed by atoms with Gasteiger partial charge in [0.25, 0.3) is 0 Å². The summed E-state index contributed by atoms with van der Waals surface area (Å²) in [5.41, 5.74) is 1.15. The van der Waals surface area contributed by atoms with Crippen LogP contribution in [0.4, 0.5) is 4.39 Å². The van der Waals surface area contributed by atoms with Gasteiger partial charge in [-0.1, -0.05) is 30.3 Å². The van der Waals surface area contributed by atoms with Crippen LogP contribution in [0.1, 0.15) is 11.1 Å². The average Bonchev–Trinajstić information content (AvgIpc) is 2.44. The fraction of sp³-hybridized carbons (Fsp3) is 0.125. The molecule has 0 fully saturated rings. The van der Waals surface area contributed by atoms with E-state index < -0.39 is 11.8 Å². The summed E-state index contributed by atoms with van der Waals surface area (Å²) in [4.78, 5) is 11.7. The zero-order valence-corrected chi connectivity index (χ0v) is 10.7. The van der Waals surface area contributed by atoms with Gasteiger partial charge in [-0.05, 0) is 29.3 Å². The Kier molecular flexibility index (Phi) is 4.46. The molecule has 3 nitrogen and oxygen atoms in total. The van der Waals surface area contributed by atoms with Crippen LogP contribution in [0.3, 0.4) is 0 Å². The van der Waals surface area contributed by atoms with Crippen LogP contribution in [0.25, 0.3) is 0 Å². The van der Waals surface area contributed by atoms with E-state index in [2.05, 4.69) is 0 Å². The van der Waals surface area contributed by atoms with Crippen molar-refractivity contribution in [3.8, 4) is 11.8 Å². The van der Waals surface area contributed by atoms with Crippen LogP contribution in [-0.2, 0) is 17.6 Å². The van der Waals surface area contributed by atoms with E-state index in [-0.39, 0.29) is 6.42 Å². The summed E-state index contributed by atoms with van der Waals surface area (Å²) in [6, 6.07) is 14.8. The third kappa shape index (κ3) is 3.66. The zero-order valence-electron chi connectivity index (χ0n) is 10.7. The molecule has 0 spiro atoms. The Bertz CT molecular complexity index is 644. The van der Waals surface area contributed by atoms with E-state index in [0.29, 0.717) is 17.7 Å². The molecule has 0 saturated heterocycles. The molecule has 0 aliphatic heterocycles. The Morgan fingerprint density at radius 1 is 1.15 bits per heavy atom. The Morgan fingerprint density at radius 3 is 2.50 bits per heavy atom. The quantitative estimate of drug-likeness (QED) is 0.633. The fourth-order valence-electron chi connectivity index (χ4n) is 1.73. The first-order valence-corrected chi connectivity index (χ1v) is 6.09. The number of hydrogen-bond donors (Lipinski definition) is 0. The van der Waals surface area contributed by atoms with E-state index in [1.165, 1.54) is 6.07 Å². The maximum Gasteiger partial charge on any atom is 0.315 e. The van der Waals surface area contributed by atoms with Crippen molar-refractivity contribution in [1.82, 2.24) is 0 Å². The number of carbonyl (C=O) groups excluding carboxylic acids is 1. The average molecular weight is 269 g/mol. The van der Waals surface area contributed by atoms with Gasteiger partial charge < -0.3 is 4.74 Å². The number of nitrogens with zero attached hydrogens (tertiary/aromatic N) is 1. The summed E-state index contributed by atoms with van der Waals surface area (Å²) in [5.74, 6) is -0.565. The number of hydrogen-bond acceptors (Lipinski definition) is 3. The third-order valence-electron chi connectivity index (χ3n) is 2.73. The highest BCUT2D eigenvalue weighted by Crippen LogP contribution is 2.14. The highest BCUT2D eigenvalue weighted by Gasteiger charge is 2.09. The molecule has 0 heterocycles. The largest absolute Gasteiger partial charge is 0.426 e. The fourth-order valence-corrected chi connectivity index (χ4v) is 1.73. The molecular weight excluding hydrogens is 257 g/mol. The number of nitriles is 1. The molecule has 0 aliphatic carbocycles. The van der Waals surface area contributed by atoms with Gasteiger partial charge in [0, 0.05) is 0 Å². The standard InChI is InChI=1S/C16H12FNO2/c17-15-4-2-1-3-13(15)11-16(19)20-14-7-5-12(6-8-14)9-10-18/h1-8H,9,11H2. The van der Waals surface area contributed by atoms with Gasteiger partial charge in [0.1, 0.15) is 11.6 Å². The lowest BCUT2D eigenvalue weighted by molar-refractivity contribution is -0.133. The number of esters is 1. The Balaban J connectivity index is 1.98. The van der Waals surface area contributed by atoms with Crippen LogP contribution in [-0.4, -0.2) is 5.97 Å². The second-order valence-corrected chi connectivity index (χ2v) is 4.22. The molecule has 2 aromatic carbocycles. The predicted molar refractivity (Wildman–Crippen MR) is 71.5 cm³/mol. The van der Waals surface area contributed by atoms with Crippen LogP contribution >= 0.6 is 0 Å². The number of benzene rings is 2. The highest BCUT2D eigenvalue weighted by molar-refractivity contribution is 5.75. The number of carbonyl (C=O) groups is 1. The molecule has 0 radical (unpaired) electrons. The lowest BCUT2D eigenvalue weighted by Crippen LogP contribution is -2.12. The van der Waals surface area contributed by atoms with Gasteiger partial charge >= 0.3 is 5.97 Å². The minimum atomic E-state index is -0.525. The number of halogens is 1. The minimum absolute atomic E-state index is 0.118. The highest BCUT2D eigenvalue weighted by atomic mass is 19.1. The van der Waals surface area contributed by atoms with Crippen LogP contribution in [0.5, 0.6) is 5.75 Å². The molecule has 0 atom stereocenters. The summed E-state index contributed by atoms with van der Waals surface area (Å²) in [6.45, 7) is 0. The van der Waals surface area contributed by atoms with Crippen molar-refractivity contribution in [3.63, 3.8) is 0 Å². The first-order valence-electron chi connectivity index (χ1n) is 6.09. The number of ether oxygens (including phenoxy) is 1. The molecule has 0 N–H and O–H groups in total. The van der Waals surface area contributed by atoms with Crippen LogP contribution < -0.4 is 4.74 Å². The molecular formula is C16H12FNO2. The molecule has 0 aromatic heterocycles. The normalized spacial score (nSPS) is 9.80. The van der Waals surface area contributed by atoms with Crippen molar-refractivity contribution in [2.75, 3.05) is 0 Å². The molecule has 100 valence electrons. The van der Waals surface area contributed by atoms with Crippen LogP contribution in [0.15, 0.2) is 48.5 Å². The van der Waals surface area contributed by atoms with Gasteiger partial charge in [-0.25, -0.2) is 4.39 Å². The first-order chi connectivity index (χ1) is 9.69. The minimum Gasteiger partial charge on any atom is -0.426 e. The van der Waals surface area contributed by atoms with E-state index in [9.17, 15) is 9.18 Å². The van der Waals surface area contributed by atoms with Crippen molar-refractivity contribution in [2.24, 2.45) is 0 Å². The molecule has 20 heavy (non-hydrogen) atoms. The second-order valence-electron chi connectivity index (χ2n) is 4.22. The summed E-state index contributed by atoms with van der Waals surface area (Å²) in [6.07, 6.45) is 0.191. The van der Waals surface area contributed by atoms with Crippen LogP contribution in [0.2, 0.25) is 0 Å². The van der Waals surface area contributed by atoms with Gasteiger partial charge in [0.2, 0.25) is 0 Å². The van der Waals surface area contributed by atoms with Crippen molar-refractivity contribution in [3.05, 3.63) is 65.5 Å². The van der Waals surface area contributed by atoms with Gasteiger partial charge in [0.15, 0.2) is 0 Å². The Labute approximate surface area is 116 Å². The Hall–Kier alpha value is -2.67. The molecule has 0 aliphatic rings. The SMILES string of the molecule is N#CCc1ccc(OC(=O)Cc2ccccc2F)cc1. The first kappa shape index (κ1) is 13.8. The lowest BCUT2D eigenvalue weighted by Gasteiger charge is -2.05. The summed E-state index contributed by atoms with van der Waals surface area (Å²) in [5, 5.41) is 8.55. The molecule has 4 heteroatoms. The summed E-state index contributed by atoms with van der Waals surface area (Å²) >= 11 is 0. The van der Waals surface area contributed by atoms with Gasteiger partial charge in [-0.3, -0.25) is 4.79 Å². The van der Waals surface area contributed by atoms with E-state index in [0.717, 1.165) is 5.56 Å². The van der Waals surface area contributed by atoms with Crippen molar-refractivity contribution >= 4 is 5.97 Å². The topological polar surface area (TPSA) is 50.1 Å². The number of rotatable bonds is 4. The summed E-state index contributed by atoms with van der Waals surface area (Å²) < 4.78 is 18.5. The molecule has 0 bridgehead atoms. The third-order valence-corrected chi connectivity index (χ3v) is 2.73. The maximum absolute atomic E-state index is 13.4. The smallest absolute Gasteiger partial charge is 0.315 e. The predicted octanol–water partition coefficient (Wildman–Crippen LogP) is 3.04. The monoisotopic (exact) mass is 269 g/mol. The van der Waals surface area contributed by atoms with E-state index in [1.807, 2.05) is 6.07 Å². The van der Waals surface area contributed by atoms with E-state index in [4.69, 9.17) is 10.00 Å². The zero-order chi connectivity index (χ0) is 14.4. The lowest BCUT2D eigenvalue weighted by atomic mass is 10.1. The van der Waals surface area contributed by atoms with Crippen molar-refractivity contribution in [1.29, 1.82) is 5.26 Å². The van der Waals surface area contributed by atoms with Gasteiger partial charge in [-0.2, -0.15) is 5.26 Å². The van der Waals surface area contributed by atoms with Gasteiger partial charge in [-0.15, -0.1) is 0 Å². The van der Waals surface area contributed by atoms with Crippen molar-refractivity contribution in [2.45, 2.75) is 12.8 Å².